The molecular formula is C12H14Br2N2O. The summed E-state index contributed by atoms with van der Waals surface area (Å²) in [6, 6.07) is 5.75. The molecule has 0 radical (unpaired) electrons. The molecule has 1 fully saturated rings. The highest BCUT2D eigenvalue weighted by Gasteiger charge is 2.21. The molecule has 1 aromatic carbocycles. The van der Waals surface area contributed by atoms with Crippen molar-refractivity contribution in [1.82, 2.24) is 5.32 Å². The number of anilines is 1. The van der Waals surface area contributed by atoms with Crippen LogP contribution in [-0.2, 0) is 4.79 Å². The standard InChI is InChI=1S/C12H14Br2N2O/c13-9-3-4-10(14)11(6-9)16-12(17)8-2-1-5-15-7-8/h3-4,6,8,15H,1-2,5,7H2,(H,16,17)/t8-/m1/s1. The second-order valence-electron chi connectivity index (χ2n) is 4.16. The van der Waals surface area contributed by atoms with Crippen molar-refractivity contribution in [2.75, 3.05) is 18.4 Å². The SMILES string of the molecule is O=C(Nc1cc(Br)ccc1Br)[C@@H]1CCCNC1. The molecule has 1 aliphatic heterocycles. The molecule has 1 aliphatic rings. The van der Waals surface area contributed by atoms with Crippen LogP contribution in [0.2, 0.25) is 0 Å². The summed E-state index contributed by atoms with van der Waals surface area (Å²) < 4.78 is 1.86. The van der Waals surface area contributed by atoms with Crippen LogP contribution >= 0.6 is 31.9 Å². The average molecular weight is 362 g/mol. The van der Waals surface area contributed by atoms with E-state index in [-0.39, 0.29) is 11.8 Å². The average Bonchev–Trinajstić information content (AvgIpc) is 2.35. The van der Waals surface area contributed by atoms with Gasteiger partial charge in [-0.15, -0.1) is 0 Å². The lowest BCUT2D eigenvalue weighted by molar-refractivity contribution is -0.120. The first kappa shape index (κ1) is 13.1. The first-order valence-electron chi connectivity index (χ1n) is 5.63. The van der Waals surface area contributed by atoms with Crippen LogP contribution in [0.25, 0.3) is 0 Å². The Morgan fingerprint density at radius 1 is 1.41 bits per heavy atom. The number of amides is 1. The first-order chi connectivity index (χ1) is 8.16. The molecular weight excluding hydrogens is 348 g/mol. The summed E-state index contributed by atoms with van der Waals surface area (Å²) >= 11 is 6.83. The number of hydrogen-bond donors (Lipinski definition) is 2. The Balaban J connectivity index is 2.04. The smallest absolute Gasteiger partial charge is 0.228 e. The van der Waals surface area contributed by atoms with E-state index in [0.29, 0.717) is 0 Å². The van der Waals surface area contributed by atoms with Gasteiger partial charge in [-0.25, -0.2) is 0 Å². The van der Waals surface area contributed by atoms with Gasteiger partial charge in [-0.1, -0.05) is 15.9 Å². The van der Waals surface area contributed by atoms with Crippen LogP contribution < -0.4 is 10.6 Å². The molecule has 0 aromatic heterocycles. The Morgan fingerprint density at radius 2 is 2.24 bits per heavy atom. The molecule has 1 saturated heterocycles. The number of nitrogens with one attached hydrogen (secondary N) is 2. The monoisotopic (exact) mass is 360 g/mol. The minimum atomic E-state index is 0.0784. The largest absolute Gasteiger partial charge is 0.325 e. The van der Waals surface area contributed by atoms with Gasteiger partial charge in [-0.05, 0) is 53.5 Å². The lowest BCUT2D eigenvalue weighted by Gasteiger charge is -2.22. The summed E-state index contributed by atoms with van der Waals surface area (Å²) in [5, 5.41) is 6.21. The summed E-state index contributed by atoms with van der Waals surface area (Å²) in [6.45, 7) is 1.79. The van der Waals surface area contributed by atoms with E-state index in [4.69, 9.17) is 0 Å². The third kappa shape index (κ3) is 3.53. The van der Waals surface area contributed by atoms with Gasteiger partial charge >= 0.3 is 0 Å². The van der Waals surface area contributed by atoms with E-state index in [0.717, 1.165) is 40.6 Å². The molecule has 1 atom stereocenters. The van der Waals surface area contributed by atoms with Crippen molar-refractivity contribution < 1.29 is 4.79 Å². The third-order valence-corrected chi connectivity index (χ3v) is 4.04. The first-order valence-corrected chi connectivity index (χ1v) is 7.22. The van der Waals surface area contributed by atoms with Gasteiger partial charge in [0.25, 0.3) is 0 Å². The molecule has 92 valence electrons. The molecule has 0 aliphatic carbocycles. The predicted octanol–water partition coefficient (Wildman–Crippen LogP) is 3.15. The summed E-state index contributed by atoms with van der Waals surface area (Å²) in [5.74, 6) is 0.172. The molecule has 1 heterocycles. The predicted molar refractivity (Wildman–Crippen MR) is 76.1 cm³/mol. The van der Waals surface area contributed by atoms with Crippen molar-refractivity contribution >= 4 is 43.5 Å². The quantitative estimate of drug-likeness (QED) is 0.849. The fraction of sp³-hybridized carbons (Fsp3) is 0.417. The topological polar surface area (TPSA) is 41.1 Å². The second-order valence-corrected chi connectivity index (χ2v) is 5.93. The maximum absolute atomic E-state index is 12.0. The van der Waals surface area contributed by atoms with Crippen molar-refractivity contribution in [2.45, 2.75) is 12.8 Å². The molecule has 1 aromatic rings. The van der Waals surface area contributed by atoms with E-state index in [1.807, 2.05) is 18.2 Å². The van der Waals surface area contributed by atoms with E-state index < -0.39 is 0 Å². The minimum absolute atomic E-state index is 0.0784. The fourth-order valence-corrected chi connectivity index (χ4v) is 2.61. The highest BCUT2D eigenvalue weighted by molar-refractivity contribution is 9.11. The van der Waals surface area contributed by atoms with Crippen molar-refractivity contribution in [3.05, 3.63) is 27.1 Å². The van der Waals surface area contributed by atoms with Crippen LogP contribution in [0, 0.1) is 5.92 Å². The third-order valence-electron chi connectivity index (χ3n) is 2.85. The number of rotatable bonds is 2. The Morgan fingerprint density at radius 3 is 2.94 bits per heavy atom. The summed E-state index contributed by atoms with van der Waals surface area (Å²) in [4.78, 5) is 12.0. The Hall–Kier alpha value is -0.390. The molecule has 2 N–H and O–H groups in total. The summed E-state index contributed by atoms with van der Waals surface area (Å²) in [7, 11) is 0. The molecule has 17 heavy (non-hydrogen) atoms. The molecule has 3 nitrogen and oxygen atoms in total. The van der Waals surface area contributed by atoms with Gasteiger partial charge in [-0.2, -0.15) is 0 Å². The molecule has 0 unspecified atom stereocenters. The number of halogens is 2. The Labute approximate surface area is 118 Å². The zero-order valence-electron chi connectivity index (χ0n) is 9.30. The highest BCUT2D eigenvalue weighted by Crippen LogP contribution is 2.27. The number of hydrogen-bond acceptors (Lipinski definition) is 2. The molecule has 0 bridgehead atoms. The van der Waals surface area contributed by atoms with Crippen molar-refractivity contribution in [3.8, 4) is 0 Å². The highest BCUT2D eigenvalue weighted by atomic mass is 79.9. The second kappa shape index (κ2) is 5.98. The lowest BCUT2D eigenvalue weighted by atomic mass is 9.99. The van der Waals surface area contributed by atoms with Crippen LogP contribution in [0.3, 0.4) is 0 Å². The van der Waals surface area contributed by atoms with Gasteiger partial charge in [0.05, 0.1) is 11.6 Å². The molecule has 2 rings (SSSR count). The molecule has 0 spiro atoms. The zero-order chi connectivity index (χ0) is 12.3. The van der Waals surface area contributed by atoms with Crippen molar-refractivity contribution in [3.63, 3.8) is 0 Å². The minimum Gasteiger partial charge on any atom is -0.325 e. The van der Waals surface area contributed by atoms with Crippen LogP contribution in [0.4, 0.5) is 5.69 Å². The van der Waals surface area contributed by atoms with Crippen LogP contribution in [-0.4, -0.2) is 19.0 Å². The maximum Gasteiger partial charge on any atom is 0.228 e. The fourth-order valence-electron chi connectivity index (χ4n) is 1.90. The van der Waals surface area contributed by atoms with Gasteiger partial charge in [0.15, 0.2) is 0 Å². The van der Waals surface area contributed by atoms with E-state index in [1.165, 1.54) is 0 Å². The van der Waals surface area contributed by atoms with Gasteiger partial charge in [0, 0.05) is 15.5 Å². The zero-order valence-corrected chi connectivity index (χ0v) is 12.5. The van der Waals surface area contributed by atoms with Crippen LogP contribution in [0.1, 0.15) is 12.8 Å². The van der Waals surface area contributed by atoms with Crippen molar-refractivity contribution in [2.24, 2.45) is 5.92 Å². The maximum atomic E-state index is 12.0. The van der Waals surface area contributed by atoms with Gasteiger partial charge < -0.3 is 10.6 Å². The number of benzene rings is 1. The molecule has 5 heteroatoms. The number of carbonyl (C=O) groups is 1. The van der Waals surface area contributed by atoms with Crippen LogP contribution in [0.5, 0.6) is 0 Å². The molecule has 0 saturated carbocycles. The summed E-state index contributed by atoms with van der Waals surface area (Å²) in [5.41, 5.74) is 0.815. The molecule has 1 amide bonds. The van der Waals surface area contributed by atoms with E-state index in [9.17, 15) is 4.79 Å². The number of carbonyl (C=O) groups excluding carboxylic acids is 1. The Kier molecular flexibility index (Phi) is 4.59. The van der Waals surface area contributed by atoms with E-state index in [1.54, 1.807) is 0 Å². The lowest BCUT2D eigenvalue weighted by Crippen LogP contribution is -2.37. The van der Waals surface area contributed by atoms with Gasteiger partial charge in [0.2, 0.25) is 5.91 Å². The van der Waals surface area contributed by atoms with E-state index >= 15 is 0 Å². The Bertz CT molecular complexity index is 417. The normalized spacial score (nSPS) is 20.0. The van der Waals surface area contributed by atoms with Crippen molar-refractivity contribution in [1.29, 1.82) is 0 Å². The van der Waals surface area contributed by atoms with Gasteiger partial charge in [-0.3, -0.25) is 4.79 Å². The number of piperidine rings is 1. The summed E-state index contributed by atoms with van der Waals surface area (Å²) in [6.07, 6.45) is 2.03. The van der Waals surface area contributed by atoms with Gasteiger partial charge in [0.1, 0.15) is 0 Å². The van der Waals surface area contributed by atoms with Crippen LogP contribution in [0.15, 0.2) is 27.1 Å². The van der Waals surface area contributed by atoms with E-state index in [2.05, 4.69) is 42.5 Å².